The normalized spacial score (nSPS) is 17.8. The average molecular weight is 533 g/mol. The van der Waals surface area contributed by atoms with Crippen LogP contribution in [-0.2, 0) is 18.9 Å². The molecule has 4 rings (SSSR count). The van der Waals surface area contributed by atoms with Gasteiger partial charge in [0, 0.05) is 24.0 Å². The van der Waals surface area contributed by atoms with Gasteiger partial charge in [-0.2, -0.15) is 26.3 Å². The molecule has 2 saturated carbocycles. The number of carboxylic acid groups (broad SMARTS) is 1. The maximum absolute atomic E-state index is 13.3. The van der Waals surface area contributed by atoms with E-state index in [0.717, 1.165) is 38.2 Å². The fourth-order valence-corrected chi connectivity index (χ4v) is 5.20. The van der Waals surface area contributed by atoms with E-state index in [0.29, 0.717) is 30.4 Å². The van der Waals surface area contributed by atoms with Crippen LogP contribution in [0.1, 0.15) is 91.4 Å². The van der Waals surface area contributed by atoms with Crippen LogP contribution in [-0.4, -0.2) is 21.7 Å². The van der Waals surface area contributed by atoms with E-state index in [4.69, 9.17) is 5.73 Å². The Bertz CT molecular complexity index is 1030. The van der Waals surface area contributed by atoms with Crippen molar-refractivity contribution in [1.29, 1.82) is 0 Å². The number of aromatic nitrogens is 1. The maximum Gasteiger partial charge on any atom is 0.416 e. The van der Waals surface area contributed by atoms with Crippen LogP contribution in [0.15, 0.2) is 24.3 Å². The van der Waals surface area contributed by atoms with Crippen LogP contribution in [0.25, 0.3) is 11.3 Å². The summed E-state index contributed by atoms with van der Waals surface area (Å²) < 4.78 is 81.2. The Labute approximate surface area is 212 Å². The first-order valence-electron chi connectivity index (χ1n) is 12.8. The summed E-state index contributed by atoms with van der Waals surface area (Å²) in [6.45, 7) is 1.88. The van der Waals surface area contributed by atoms with Gasteiger partial charge in [0.05, 0.1) is 16.7 Å². The number of carbonyl (C=O) groups is 1. The molecule has 4 nitrogen and oxygen atoms in total. The molecule has 1 aromatic heterocycles. The Hall–Kier alpha value is -2.49. The first-order chi connectivity index (χ1) is 17.3. The van der Waals surface area contributed by atoms with Crippen molar-refractivity contribution in [3.63, 3.8) is 0 Å². The largest absolute Gasteiger partial charge is 0.478 e. The number of alkyl halides is 6. The van der Waals surface area contributed by atoms with Crippen molar-refractivity contribution in [2.75, 3.05) is 0 Å². The lowest BCUT2D eigenvalue weighted by Crippen LogP contribution is -2.22. The van der Waals surface area contributed by atoms with E-state index in [-0.39, 0.29) is 28.8 Å². The number of carboxylic acids is 1. The third-order valence-electron chi connectivity index (χ3n) is 7.30. The van der Waals surface area contributed by atoms with E-state index >= 15 is 0 Å². The highest BCUT2D eigenvalue weighted by atomic mass is 19.4. The van der Waals surface area contributed by atoms with Gasteiger partial charge in [-0.3, -0.25) is 0 Å². The third kappa shape index (κ3) is 7.75. The molecule has 2 aromatic rings. The summed E-state index contributed by atoms with van der Waals surface area (Å²) in [5, 5.41) is 9.45. The zero-order valence-corrected chi connectivity index (χ0v) is 20.9. The van der Waals surface area contributed by atoms with Crippen LogP contribution in [0.4, 0.5) is 26.3 Å². The minimum Gasteiger partial charge on any atom is -0.478 e. The molecule has 0 aliphatic heterocycles. The molecule has 2 aliphatic carbocycles. The molecule has 3 N–H and O–H groups in total. The number of rotatable bonds is 4. The molecule has 2 aliphatic rings. The first kappa shape index (κ1) is 29.1. The van der Waals surface area contributed by atoms with Gasteiger partial charge in [0.15, 0.2) is 0 Å². The van der Waals surface area contributed by atoms with Crippen molar-refractivity contribution in [2.45, 2.75) is 96.1 Å². The van der Waals surface area contributed by atoms with Gasteiger partial charge in [-0.05, 0) is 68.4 Å². The van der Waals surface area contributed by atoms with Crippen LogP contribution in [0.2, 0.25) is 0 Å². The predicted octanol–water partition coefficient (Wildman–Crippen LogP) is 8.06. The number of hydrogen-bond donors (Lipinski definition) is 2. The standard InChI is InChI=1S/C21H21F6NO2.C6H13N/c1-12-17(19(29)30)10-18(28(12)11-13-5-3-2-4-6-13)14-7-15(20(22,23)24)9-16(8-14)21(25,26)27;7-6-4-2-1-3-5-6/h7-10,13H,2-6,11H2,1H3,(H,29,30);6H,1-5,7H2. The molecule has 0 saturated heterocycles. The Kier molecular flexibility index (Phi) is 9.37. The van der Waals surface area contributed by atoms with Gasteiger partial charge in [-0.1, -0.05) is 38.5 Å². The molecular formula is C27H34F6N2O2. The lowest BCUT2D eigenvalue weighted by molar-refractivity contribution is -0.143. The van der Waals surface area contributed by atoms with E-state index in [1.54, 1.807) is 4.57 Å². The van der Waals surface area contributed by atoms with Crippen molar-refractivity contribution in [3.8, 4) is 11.3 Å². The van der Waals surface area contributed by atoms with Gasteiger partial charge in [-0.15, -0.1) is 0 Å². The number of benzene rings is 1. The molecule has 1 heterocycles. The number of nitrogens with zero attached hydrogens (tertiary/aromatic N) is 1. The van der Waals surface area contributed by atoms with E-state index in [2.05, 4.69) is 0 Å². The molecule has 0 spiro atoms. The summed E-state index contributed by atoms with van der Waals surface area (Å²) in [6.07, 6.45) is 1.56. The molecule has 10 heteroatoms. The predicted molar refractivity (Wildman–Crippen MR) is 129 cm³/mol. The Morgan fingerprint density at radius 3 is 1.76 bits per heavy atom. The summed E-state index contributed by atoms with van der Waals surface area (Å²) in [7, 11) is 0. The SMILES string of the molecule is Cc1c(C(=O)O)cc(-c2cc(C(F)(F)F)cc(C(F)(F)F)c2)n1CC1CCCCC1.NC1CCCCC1. The van der Waals surface area contributed by atoms with E-state index in [1.165, 1.54) is 39.0 Å². The second kappa shape index (κ2) is 11.9. The minimum atomic E-state index is -4.97. The summed E-state index contributed by atoms with van der Waals surface area (Å²) in [5.41, 5.74) is 2.71. The van der Waals surface area contributed by atoms with Crippen molar-refractivity contribution >= 4 is 5.97 Å². The van der Waals surface area contributed by atoms with Crippen LogP contribution in [0, 0.1) is 12.8 Å². The lowest BCUT2D eigenvalue weighted by atomic mass is 9.89. The maximum atomic E-state index is 13.3. The summed E-state index contributed by atoms with van der Waals surface area (Å²) in [4.78, 5) is 11.6. The zero-order chi connectivity index (χ0) is 27.4. The average Bonchev–Trinajstić information content (AvgIpc) is 3.15. The molecule has 37 heavy (non-hydrogen) atoms. The van der Waals surface area contributed by atoms with Crippen molar-refractivity contribution in [2.24, 2.45) is 11.7 Å². The fourth-order valence-electron chi connectivity index (χ4n) is 5.20. The topological polar surface area (TPSA) is 68.2 Å². The van der Waals surface area contributed by atoms with E-state index in [9.17, 15) is 36.2 Å². The van der Waals surface area contributed by atoms with Crippen LogP contribution >= 0.6 is 0 Å². The molecule has 2 fully saturated rings. The van der Waals surface area contributed by atoms with Gasteiger partial charge in [0.2, 0.25) is 0 Å². The quantitative estimate of drug-likeness (QED) is 0.392. The second-order valence-corrected chi connectivity index (χ2v) is 10.1. The fraction of sp³-hybridized carbons (Fsp3) is 0.593. The highest BCUT2D eigenvalue weighted by Crippen LogP contribution is 2.40. The number of nitrogens with two attached hydrogens (primary N) is 1. The van der Waals surface area contributed by atoms with Gasteiger partial charge < -0.3 is 15.4 Å². The number of aromatic carboxylic acids is 1. The molecule has 206 valence electrons. The molecule has 0 amide bonds. The van der Waals surface area contributed by atoms with Gasteiger partial charge in [-0.25, -0.2) is 4.79 Å². The van der Waals surface area contributed by atoms with Crippen molar-refractivity contribution < 1.29 is 36.2 Å². The van der Waals surface area contributed by atoms with Crippen molar-refractivity contribution in [1.82, 2.24) is 4.57 Å². The zero-order valence-electron chi connectivity index (χ0n) is 20.9. The van der Waals surface area contributed by atoms with Crippen LogP contribution < -0.4 is 5.73 Å². The Morgan fingerprint density at radius 2 is 1.35 bits per heavy atom. The smallest absolute Gasteiger partial charge is 0.416 e. The molecule has 1 aromatic carbocycles. The van der Waals surface area contributed by atoms with Gasteiger partial charge in [0.1, 0.15) is 0 Å². The Balaban J connectivity index is 0.000000468. The van der Waals surface area contributed by atoms with Crippen molar-refractivity contribution in [3.05, 3.63) is 46.6 Å². The molecular weight excluding hydrogens is 498 g/mol. The van der Waals surface area contributed by atoms with E-state index < -0.39 is 29.4 Å². The highest BCUT2D eigenvalue weighted by Gasteiger charge is 2.37. The highest BCUT2D eigenvalue weighted by molar-refractivity contribution is 5.91. The summed E-state index contributed by atoms with van der Waals surface area (Å²) in [5.74, 6) is -1.09. The number of hydrogen-bond acceptors (Lipinski definition) is 2. The third-order valence-corrected chi connectivity index (χ3v) is 7.30. The first-order valence-corrected chi connectivity index (χ1v) is 12.8. The van der Waals surface area contributed by atoms with Gasteiger partial charge in [0.25, 0.3) is 0 Å². The Morgan fingerprint density at radius 1 is 0.865 bits per heavy atom. The second-order valence-electron chi connectivity index (χ2n) is 10.1. The lowest BCUT2D eigenvalue weighted by Gasteiger charge is -2.24. The molecule has 0 radical (unpaired) electrons. The summed E-state index contributed by atoms with van der Waals surface area (Å²) >= 11 is 0. The minimum absolute atomic E-state index is 0.0482. The van der Waals surface area contributed by atoms with E-state index in [1.807, 2.05) is 0 Å². The molecule has 0 atom stereocenters. The van der Waals surface area contributed by atoms with Gasteiger partial charge >= 0.3 is 18.3 Å². The monoisotopic (exact) mass is 532 g/mol. The van der Waals surface area contributed by atoms with Crippen LogP contribution in [0.3, 0.4) is 0 Å². The number of halogens is 6. The summed E-state index contributed by atoms with van der Waals surface area (Å²) in [6, 6.07) is 3.06. The molecule has 0 unspecified atom stereocenters. The van der Waals surface area contributed by atoms with Crippen LogP contribution in [0.5, 0.6) is 0 Å². The molecule has 0 bridgehead atoms.